The second-order valence-electron chi connectivity index (χ2n) is 14.0. The highest BCUT2D eigenvalue weighted by atomic mass is 35.5. The average molecular weight is 764 g/mol. The van der Waals surface area contributed by atoms with Crippen LogP contribution in [0, 0.1) is 17.8 Å². The molecule has 13 heteroatoms. The number of halogens is 1. The Morgan fingerprint density at radius 1 is 1.10 bits per heavy atom. The van der Waals surface area contributed by atoms with Crippen molar-refractivity contribution in [2.45, 2.75) is 80.3 Å². The van der Waals surface area contributed by atoms with E-state index in [1.807, 2.05) is 55.8 Å². The maximum atomic E-state index is 13.9. The molecule has 6 rings (SSSR count). The molecule has 1 aromatic heterocycles. The standard InChI is InChI=1S/C37H50ClN3O6S3/c1-25-8-6-17-37(46-3,36-48-20-7-21-49-36)30-13-11-27(30)23-41-18-5-4-9-26-22-29(38)12-10-28(26)24-47-32-15-14-31(39-34(32)41)35(42)40-50(43,44)33(25)16-19-45-2/h6,10,12,14-15,17,22,25,27,30,33,36H,4-5,7-9,11,13,16,18-21,23-24H2,1-3H3,(H,40,42)/b17-6+/t25-,27-,30+,33+,37-/m0/s1. The summed E-state index contributed by atoms with van der Waals surface area (Å²) in [4.78, 5) is 20.9. The molecule has 1 N–H and O–H groups in total. The number of nitrogens with zero attached hydrogens (tertiary/aromatic N) is 2. The number of benzene rings is 1. The number of thioether (sulfide) groups is 2. The van der Waals surface area contributed by atoms with Gasteiger partial charge in [0.1, 0.15) is 17.9 Å². The number of nitrogens with one attached hydrogen (secondary N) is 1. The van der Waals surface area contributed by atoms with E-state index in [9.17, 15) is 13.2 Å². The average Bonchev–Trinajstić information content (AvgIpc) is 3.12. The fourth-order valence-corrected chi connectivity index (χ4v) is 13.1. The van der Waals surface area contributed by atoms with Crippen molar-refractivity contribution in [1.29, 1.82) is 0 Å². The lowest BCUT2D eigenvalue weighted by Gasteiger charge is -2.53. The topological polar surface area (TPSA) is 107 Å². The molecule has 1 saturated heterocycles. The summed E-state index contributed by atoms with van der Waals surface area (Å²) < 4.78 is 48.9. The summed E-state index contributed by atoms with van der Waals surface area (Å²) in [6.07, 6.45) is 11.2. The van der Waals surface area contributed by atoms with Crippen molar-refractivity contribution in [2.24, 2.45) is 17.8 Å². The van der Waals surface area contributed by atoms with Crippen molar-refractivity contribution in [1.82, 2.24) is 9.71 Å². The molecule has 1 amide bonds. The Morgan fingerprint density at radius 2 is 1.92 bits per heavy atom. The molecule has 274 valence electrons. The van der Waals surface area contributed by atoms with Crippen LogP contribution < -0.4 is 14.4 Å². The number of hydrogen-bond acceptors (Lipinski definition) is 10. The number of ether oxygens (including phenoxy) is 3. The molecule has 50 heavy (non-hydrogen) atoms. The van der Waals surface area contributed by atoms with Crippen LogP contribution >= 0.6 is 35.1 Å². The number of methoxy groups -OCH3 is 2. The summed E-state index contributed by atoms with van der Waals surface area (Å²) in [6.45, 7) is 3.96. The molecule has 4 heterocycles. The summed E-state index contributed by atoms with van der Waals surface area (Å²) in [5.41, 5.74) is 1.77. The van der Waals surface area contributed by atoms with Crippen molar-refractivity contribution in [3.05, 3.63) is 64.3 Å². The highest BCUT2D eigenvalue weighted by Crippen LogP contribution is 2.53. The third-order valence-electron chi connectivity index (χ3n) is 10.8. The van der Waals surface area contributed by atoms with E-state index < -0.39 is 26.8 Å². The first-order chi connectivity index (χ1) is 24.1. The predicted molar refractivity (Wildman–Crippen MR) is 204 cm³/mol. The number of anilines is 1. The van der Waals surface area contributed by atoms with Gasteiger partial charge in [0.2, 0.25) is 10.0 Å². The van der Waals surface area contributed by atoms with Crippen LogP contribution in [-0.2, 0) is 32.5 Å². The Morgan fingerprint density at radius 3 is 2.66 bits per heavy atom. The molecule has 2 bridgehead atoms. The number of amides is 1. The first-order valence-corrected chi connectivity index (χ1v) is 21.8. The van der Waals surface area contributed by atoms with Crippen LogP contribution in [0.4, 0.5) is 5.82 Å². The van der Waals surface area contributed by atoms with Crippen LogP contribution in [0.15, 0.2) is 42.5 Å². The van der Waals surface area contributed by atoms with E-state index in [2.05, 4.69) is 21.8 Å². The molecule has 2 fully saturated rings. The van der Waals surface area contributed by atoms with Crippen LogP contribution in [0.2, 0.25) is 5.02 Å². The van der Waals surface area contributed by atoms with Crippen molar-refractivity contribution in [2.75, 3.05) is 50.3 Å². The lowest BCUT2D eigenvalue weighted by molar-refractivity contribution is -0.0638. The lowest BCUT2D eigenvalue weighted by atomic mass is 9.64. The lowest BCUT2D eigenvalue weighted by Crippen LogP contribution is -2.56. The number of sulfonamides is 1. The van der Waals surface area contributed by atoms with Crippen LogP contribution in [-0.4, -0.2) is 80.2 Å². The molecule has 4 aliphatic rings. The predicted octanol–water partition coefficient (Wildman–Crippen LogP) is 7.13. The van der Waals surface area contributed by atoms with E-state index in [-0.39, 0.29) is 35.1 Å². The van der Waals surface area contributed by atoms with E-state index >= 15 is 0 Å². The zero-order valence-corrected chi connectivity index (χ0v) is 32.5. The number of aryl methyl sites for hydroxylation is 1. The van der Waals surface area contributed by atoms with Gasteiger partial charge in [-0.25, -0.2) is 18.1 Å². The number of pyridine rings is 1. The fourth-order valence-electron chi connectivity index (χ4n) is 7.89. The van der Waals surface area contributed by atoms with E-state index in [1.54, 1.807) is 19.2 Å². The molecule has 0 radical (unpaired) electrons. The van der Waals surface area contributed by atoms with Gasteiger partial charge in [-0.05, 0) is 116 Å². The van der Waals surface area contributed by atoms with Gasteiger partial charge in [0.15, 0.2) is 11.6 Å². The maximum absolute atomic E-state index is 13.9. The fraction of sp³-hybridized carbons (Fsp3) is 0.622. The van der Waals surface area contributed by atoms with Gasteiger partial charge < -0.3 is 19.1 Å². The largest absolute Gasteiger partial charge is 0.485 e. The molecular weight excluding hydrogens is 714 g/mol. The van der Waals surface area contributed by atoms with Gasteiger partial charge in [-0.2, -0.15) is 0 Å². The molecule has 5 atom stereocenters. The Hall–Kier alpha value is -1.96. The second-order valence-corrected chi connectivity index (χ2v) is 19.0. The SMILES string of the molecule is COCC[C@@H]1[C@@H](C)C/C=C/[C@@](OC)(C2SCCCS2)[C@@H]2CC[C@H]2CN2CCCCc3cc(Cl)ccc3COc3ccc(nc32)C(=O)NS1(=O)=O. The number of fused-ring (bicyclic) bond motifs is 3. The molecule has 1 aromatic carbocycles. The van der Waals surface area contributed by atoms with Gasteiger partial charge in [0.05, 0.1) is 9.83 Å². The van der Waals surface area contributed by atoms with E-state index in [1.165, 1.54) is 12.0 Å². The summed E-state index contributed by atoms with van der Waals surface area (Å²) in [5.74, 6) is 2.89. The van der Waals surface area contributed by atoms with Gasteiger partial charge in [0, 0.05) is 38.9 Å². The van der Waals surface area contributed by atoms with Gasteiger partial charge in [-0.15, -0.1) is 23.5 Å². The van der Waals surface area contributed by atoms with Gasteiger partial charge in [0.25, 0.3) is 5.91 Å². The summed E-state index contributed by atoms with van der Waals surface area (Å²) >= 11 is 10.3. The zero-order valence-electron chi connectivity index (χ0n) is 29.3. The molecule has 1 saturated carbocycles. The molecule has 0 spiro atoms. The first kappa shape index (κ1) is 37.8. The molecule has 2 aromatic rings. The molecule has 3 aliphatic heterocycles. The minimum atomic E-state index is -4.08. The monoisotopic (exact) mass is 763 g/mol. The number of rotatable bonds is 5. The van der Waals surface area contributed by atoms with Crippen LogP contribution in [0.1, 0.15) is 73.5 Å². The minimum absolute atomic E-state index is 0.0412. The summed E-state index contributed by atoms with van der Waals surface area (Å²) in [6, 6.07) is 9.23. The summed E-state index contributed by atoms with van der Waals surface area (Å²) in [7, 11) is -0.684. The summed E-state index contributed by atoms with van der Waals surface area (Å²) in [5, 5.41) is -0.138. The van der Waals surface area contributed by atoms with Gasteiger partial charge in [-0.1, -0.05) is 36.7 Å². The Kier molecular flexibility index (Phi) is 12.7. The van der Waals surface area contributed by atoms with E-state index in [0.717, 1.165) is 55.7 Å². The Bertz CT molecular complexity index is 1640. The van der Waals surface area contributed by atoms with Crippen LogP contribution in [0.5, 0.6) is 5.75 Å². The number of carbonyl (C=O) groups excluding carboxylic acids is 1. The van der Waals surface area contributed by atoms with E-state index in [0.29, 0.717) is 42.1 Å². The highest BCUT2D eigenvalue weighted by molar-refractivity contribution is 8.17. The molecular formula is C37H50ClN3O6S3. The first-order valence-electron chi connectivity index (χ1n) is 17.8. The highest BCUT2D eigenvalue weighted by Gasteiger charge is 2.52. The number of carbonyl (C=O) groups is 1. The Labute approximate surface area is 311 Å². The number of aromatic nitrogens is 1. The van der Waals surface area contributed by atoms with Crippen molar-refractivity contribution in [3.8, 4) is 5.75 Å². The zero-order chi connectivity index (χ0) is 35.3. The van der Waals surface area contributed by atoms with Crippen molar-refractivity contribution in [3.63, 3.8) is 0 Å². The molecule has 9 nitrogen and oxygen atoms in total. The van der Waals surface area contributed by atoms with E-state index in [4.69, 9.17) is 30.8 Å². The number of allylic oxidation sites excluding steroid dienone is 1. The third kappa shape index (κ3) is 8.31. The smallest absolute Gasteiger partial charge is 0.283 e. The van der Waals surface area contributed by atoms with Crippen molar-refractivity contribution < 1.29 is 27.4 Å². The molecule has 0 unspecified atom stereocenters. The van der Waals surface area contributed by atoms with Crippen LogP contribution in [0.3, 0.4) is 0 Å². The van der Waals surface area contributed by atoms with Crippen molar-refractivity contribution >= 4 is 56.9 Å². The molecule has 1 aliphatic carbocycles. The Balaban J connectivity index is 1.43. The third-order valence-corrected chi connectivity index (χ3v) is 16.2. The number of hydrogen-bond donors (Lipinski definition) is 1. The van der Waals surface area contributed by atoms with Gasteiger partial charge in [-0.3, -0.25) is 4.79 Å². The minimum Gasteiger partial charge on any atom is -0.485 e. The second kappa shape index (κ2) is 16.8. The quantitative estimate of drug-likeness (QED) is 0.317. The normalized spacial score (nSPS) is 30.0. The van der Waals surface area contributed by atoms with Crippen LogP contribution in [0.25, 0.3) is 0 Å². The maximum Gasteiger partial charge on any atom is 0.283 e. The van der Waals surface area contributed by atoms with Gasteiger partial charge >= 0.3 is 0 Å².